The summed E-state index contributed by atoms with van der Waals surface area (Å²) in [5, 5.41) is 4.46. The third-order valence-electron chi connectivity index (χ3n) is 3.53. The Morgan fingerprint density at radius 3 is 2.50 bits per heavy atom. The number of rotatable bonds is 6. The maximum atomic E-state index is 12.9. The number of hydrogen-bond acceptors (Lipinski definition) is 4. The lowest BCUT2D eigenvalue weighted by Crippen LogP contribution is -2.23. The van der Waals surface area contributed by atoms with E-state index < -0.39 is 21.7 Å². The van der Waals surface area contributed by atoms with Crippen molar-refractivity contribution < 1.29 is 17.6 Å². The normalized spacial score (nSPS) is 11.3. The van der Waals surface area contributed by atoms with Crippen molar-refractivity contribution in [3.8, 4) is 0 Å². The lowest BCUT2D eigenvalue weighted by Gasteiger charge is -2.09. The smallest absolute Gasteiger partial charge is 0.255 e. The maximum absolute atomic E-state index is 12.9. The van der Waals surface area contributed by atoms with Crippen molar-refractivity contribution in [3.05, 3.63) is 82.3 Å². The molecule has 0 aliphatic rings. The Kier molecular flexibility index (Phi) is 5.46. The SMILES string of the molecule is O=C(Nc1ccc(F)cc1)c1cccc(S(=O)(=O)NCc2cccs2)c1. The molecule has 0 unspecified atom stereocenters. The molecule has 1 amide bonds. The Balaban J connectivity index is 1.74. The first-order valence-corrected chi connectivity index (χ1v) is 9.99. The van der Waals surface area contributed by atoms with Crippen LogP contribution in [0, 0.1) is 5.82 Å². The first-order chi connectivity index (χ1) is 12.4. The molecule has 2 aromatic carbocycles. The molecule has 0 bridgehead atoms. The van der Waals surface area contributed by atoms with Gasteiger partial charge in [-0.05, 0) is 53.9 Å². The molecule has 0 saturated heterocycles. The van der Waals surface area contributed by atoms with Gasteiger partial charge in [0.1, 0.15) is 5.82 Å². The van der Waals surface area contributed by atoms with Crippen molar-refractivity contribution in [1.29, 1.82) is 0 Å². The zero-order valence-electron chi connectivity index (χ0n) is 13.5. The van der Waals surface area contributed by atoms with E-state index in [1.54, 1.807) is 0 Å². The van der Waals surface area contributed by atoms with Crippen LogP contribution in [0.25, 0.3) is 0 Å². The van der Waals surface area contributed by atoms with Gasteiger partial charge < -0.3 is 5.32 Å². The number of nitrogens with one attached hydrogen (secondary N) is 2. The number of carbonyl (C=O) groups is 1. The Bertz CT molecular complexity index is 1000. The summed E-state index contributed by atoms with van der Waals surface area (Å²) in [6, 6.07) is 14.7. The summed E-state index contributed by atoms with van der Waals surface area (Å²) in [6.07, 6.45) is 0. The first kappa shape index (κ1) is 18.2. The van der Waals surface area contributed by atoms with Gasteiger partial charge in [-0.2, -0.15) is 0 Å². The molecule has 0 fully saturated rings. The Labute approximate surface area is 154 Å². The molecule has 3 aromatic rings. The van der Waals surface area contributed by atoms with Crippen LogP contribution >= 0.6 is 11.3 Å². The number of anilines is 1. The minimum absolute atomic E-state index is 0.000752. The Morgan fingerprint density at radius 1 is 1.04 bits per heavy atom. The molecule has 26 heavy (non-hydrogen) atoms. The molecule has 0 aliphatic carbocycles. The van der Waals surface area contributed by atoms with Gasteiger partial charge in [-0.25, -0.2) is 17.5 Å². The van der Waals surface area contributed by atoms with E-state index in [-0.39, 0.29) is 17.0 Å². The predicted octanol–water partition coefficient (Wildman–Crippen LogP) is 3.62. The summed E-state index contributed by atoms with van der Waals surface area (Å²) >= 11 is 1.45. The minimum Gasteiger partial charge on any atom is -0.322 e. The third-order valence-corrected chi connectivity index (χ3v) is 5.80. The van der Waals surface area contributed by atoms with Crippen LogP contribution in [0.2, 0.25) is 0 Å². The fourth-order valence-electron chi connectivity index (χ4n) is 2.20. The van der Waals surface area contributed by atoms with Crippen molar-refractivity contribution in [3.63, 3.8) is 0 Å². The van der Waals surface area contributed by atoms with E-state index in [1.807, 2.05) is 17.5 Å². The number of benzene rings is 2. The van der Waals surface area contributed by atoms with E-state index >= 15 is 0 Å². The van der Waals surface area contributed by atoms with Gasteiger partial charge in [-0.15, -0.1) is 11.3 Å². The molecule has 2 N–H and O–H groups in total. The number of halogens is 1. The number of carbonyl (C=O) groups excluding carboxylic acids is 1. The van der Waals surface area contributed by atoms with Crippen molar-refractivity contribution >= 4 is 33.0 Å². The fraction of sp³-hybridized carbons (Fsp3) is 0.0556. The molecular formula is C18H15FN2O3S2. The van der Waals surface area contributed by atoms with Crippen molar-refractivity contribution in [2.45, 2.75) is 11.4 Å². The van der Waals surface area contributed by atoms with Crippen molar-refractivity contribution in [2.24, 2.45) is 0 Å². The molecule has 0 saturated carbocycles. The maximum Gasteiger partial charge on any atom is 0.255 e. The molecule has 0 aliphatic heterocycles. The number of amides is 1. The van der Waals surface area contributed by atoms with E-state index in [0.717, 1.165) is 4.88 Å². The average Bonchev–Trinajstić information content (AvgIpc) is 3.16. The summed E-state index contributed by atoms with van der Waals surface area (Å²) in [5.41, 5.74) is 0.605. The van der Waals surface area contributed by atoms with Gasteiger partial charge in [0.25, 0.3) is 5.91 Å². The topological polar surface area (TPSA) is 75.3 Å². The molecule has 0 spiro atoms. The zero-order valence-corrected chi connectivity index (χ0v) is 15.1. The number of thiophene rings is 1. The Morgan fingerprint density at radius 2 is 1.81 bits per heavy atom. The van der Waals surface area contributed by atoms with Crippen LogP contribution < -0.4 is 10.0 Å². The summed E-state index contributed by atoms with van der Waals surface area (Å²) < 4.78 is 40.3. The summed E-state index contributed by atoms with van der Waals surface area (Å²) in [4.78, 5) is 13.2. The highest BCUT2D eigenvalue weighted by Gasteiger charge is 2.16. The van der Waals surface area contributed by atoms with Crippen LogP contribution in [0.4, 0.5) is 10.1 Å². The van der Waals surface area contributed by atoms with Gasteiger partial charge in [0.2, 0.25) is 10.0 Å². The van der Waals surface area contributed by atoms with Crippen LogP contribution in [0.5, 0.6) is 0 Å². The van der Waals surface area contributed by atoms with Gasteiger partial charge in [-0.3, -0.25) is 4.79 Å². The number of hydrogen-bond donors (Lipinski definition) is 2. The Hall–Kier alpha value is -2.55. The second kappa shape index (κ2) is 7.77. The fourth-order valence-corrected chi connectivity index (χ4v) is 3.99. The van der Waals surface area contributed by atoms with Gasteiger partial charge in [-0.1, -0.05) is 12.1 Å². The molecular weight excluding hydrogens is 375 g/mol. The minimum atomic E-state index is -3.74. The predicted molar refractivity (Wildman–Crippen MR) is 99.1 cm³/mol. The van der Waals surface area contributed by atoms with Crippen LogP contribution in [-0.2, 0) is 16.6 Å². The van der Waals surface area contributed by atoms with E-state index in [9.17, 15) is 17.6 Å². The molecule has 5 nitrogen and oxygen atoms in total. The molecule has 134 valence electrons. The highest BCUT2D eigenvalue weighted by molar-refractivity contribution is 7.89. The standard InChI is InChI=1S/C18H15FN2O3S2/c19-14-6-8-15(9-7-14)21-18(22)13-3-1-5-17(11-13)26(23,24)20-12-16-4-2-10-25-16/h1-11,20H,12H2,(H,21,22). The highest BCUT2D eigenvalue weighted by atomic mass is 32.2. The zero-order chi connectivity index (χ0) is 18.6. The van der Waals surface area contributed by atoms with Crippen molar-refractivity contribution in [1.82, 2.24) is 4.72 Å². The summed E-state index contributed by atoms with van der Waals surface area (Å²) in [6.45, 7) is 0.187. The van der Waals surface area contributed by atoms with Crippen LogP contribution in [0.15, 0.2) is 70.9 Å². The van der Waals surface area contributed by atoms with E-state index in [1.165, 1.54) is 59.9 Å². The van der Waals surface area contributed by atoms with Gasteiger partial charge in [0, 0.05) is 22.7 Å². The lowest BCUT2D eigenvalue weighted by molar-refractivity contribution is 0.102. The quantitative estimate of drug-likeness (QED) is 0.675. The lowest BCUT2D eigenvalue weighted by atomic mass is 10.2. The summed E-state index contributed by atoms with van der Waals surface area (Å²) in [7, 11) is -3.74. The molecule has 0 atom stereocenters. The largest absolute Gasteiger partial charge is 0.322 e. The molecule has 1 aromatic heterocycles. The number of sulfonamides is 1. The van der Waals surface area contributed by atoms with Gasteiger partial charge >= 0.3 is 0 Å². The van der Waals surface area contributed by atoms with E-state index in [4.69, 9.17) is 0 Å². The van der Waals surface area contributed by atoms with Crippen molar-refractivity contribution in [2.75, 3.05) is 5.32 Å². The molecule has 0 radical (unpaired) electrons. The first-order valence-electron chi connectivity index (χ1n) is 7.63. The molecule has 3 rings (SSSR count). The van der Waals surface area contributed by atoms with Crippen LogP contribution in [-0.4, -0.2) is 14.3 Å². The monoisotopic (exact) mass is 390 g/mol. The highest BCUT2D eigenvalue weighted by Crippen LogP contribution is 2.16. The van der Waals surface area contributed by atoms with E-state index in [0.29, 0.717) is 5.69 Å². The van der Waals surface area contributed by atoms with Crippen LogP contribution in [0.3, 0.4) is 0 Å². The third kappa shape index (κ3) is 4.54. The molecule has 1 heterocycles. The van der Waals surface area contributed by atoms with Crippen LogP contribution in [0.1, 0.15) is 15.2 Å². The van der Waals surface area contributed by atoms with Gasteiger partial charge in [0.15, 0.2) is 0 Å². The summed E-state index contributed by atoms with van der Waals surface area (Å²) in [5.74, 6) is -0.889. The average molecular weight is 390 g/mol. The second-order valence-electron chi connectivity index (χ2n) is 5.39. The van der Waals surface area contributed by atoms with E-state index in [2.05, 4.69) is 10.0 Å². The second-order valence-corrected chi connectivity index (χ2v) is 8.19. The molecule has 8 heteroatoms. The van der Waals surface area contributed by atoms with Gasteiger partial charge in [0.05, 0.1) is 4.90 Å².